The van der Waals surface area contributed by atoms with Gasteiger partial charge in [0.2, 0.25) is 9.84 Å². The molecule has 21 heavy (non-hydrogen) atoms. The van der Waals surface area contributed by atoms with Crippen LogP contribution >= 0.6 is 11.6 Å². The van der Waals surface area contributed by atoms with E-state index in [0.717, 1.165) is 4.52 Å². The second kappa shape index (κ2) is 4.97. The number of rotatable bonds is 3. The van der Waals surface area contributed by atoms with Crippen LogP contribution in [0.25, 0.3) is 5.65 Å². The van der Waals surface area contributed by atoms with Crippen LogP contribution in [0.15, 0.2) is 46.2 Å². The van der Waals surface area contributed by atoms with Crippen LogP contribution in [0.5, 0.6) is 0 Å². The molecule has 2 heterocycles. The second-order valence-corrected chi connectivity index (χ2v) is 6.73. The standard InChI is InChI=1S/C12H9ClN4O3S/c13-9-3-1-8(2-4-9)7-21(19,20)11-6-5-10-14-15-12(18)17(10)16-11/h1-6H,7H2,(H,15,18). The molecule has 0 saturated carbocycles. The fraction of sp³-hybridized carbons (Fsp3) is 0.0833. The molecular weight excluding hydrogens is 316 g/mol. The zero-order chi connectivity index (χ0) is 15.0. The average Bonchev–Trinajstić information content (AvgIpc) is 2.82. The minimum Gasteiger partial charge on any atom is -0.244 e. The molecule has 0 unspecified atom stereocenters. The zero-order valence-electron chi connectivity index (χ0n) is 10.5. The Labute approximate surface area is 124 Å². The van der Waals surface area contributed by atoms with Gasteiger partial charge in [-0.05, 0) is 29.8 Å². The molecule has 0 aliphatic rings. The first-order chi connectivity index (χ1) is 9.95. The number of nitrogens with one attached hydrogen (secondary N) is 1. The second-order valence-electron chi connectivity index (χ2n) is 4.36. The summed E-state index contributed by atoms with van der Waals surface area (Å²) in [6.45, 7) is 0. The monoisotopic (exact) mass is 324 g/mol. The van der Waals surface area contributed by atoms with E-state index < -0.39 is 15.5 Å². The van der Waals surface area contributed by atoms with E-state index in [-0.39, 0.29) is 16.4 Å². The highest BCUT2D eigenvalue weighted by Crippen LogP contribution is 2.16. The smallest absolute Gasteiger partial charge is 0.244 e. The molecule has 1 aromatic carbocycles. The summed E-state index contributed by atoms with van der Waals surface area (Å²) in [6, 6.07) is 9.22. The van der Waals surface area contributed by atoms with Gasteiger partial charge in [-0.1, -0.05) is 23.7 Å². The summed E-state index contributed by atoms with van der Waals surface area (Å²) >= 11 is 5.76. The Hall–Kier alpha value is -2.19. The van der Waals surface area contributed by atoms with Crippen molar-refractivity contribution in [3.05, 3.63) is 57.5 Å². The van der Waals surface area contributed by atoms with E-state index in [9.17, 15) is 13.2 Å². The molecule has 9 heteroatoms. The van der Waals surface area contributed by atoms with Gasteiger partial charge >= 0.3 is 5.69 Å². The minimum absolute atomic E-state index is 0.187. The van der Waals surface area contributed by atoms with Crippen molar-refractivity contribution >= 4 is 27.1 Å². The third kappa shape index (κ3) is 2.67. The molecule has 108 valence electrons. The molecule has 0 aliphatic carbocycles. The number of sulfone groups is 1. The van der Waals surface area contributed by atoms with Crippen LogP contribution in [0, 0.1) is 0 Å². The third-order valence-corrected chi connectivity index (χ3v) is 4.66. The van der Waals surface area contributed by atoms with Crippen molar-refractivity contribution < 1.29 is 8.42 Å². The van der Waals surface area contributed by atoms with Crippen LogP contribution in [0.4, 0.5) is 0 Å². The predicted octanol–water partition coefficient (Wildman–Crippen LogP) is 1.04. The van der Waals surface area contributed by atoms with Gasteiger partial charge in [0, 0.05) is 5.02 Å². The lowest BCUT2D eigenvalue weighted by Crippen LogP contribution is -2.16. The highest BCUT2D eigenvalue weighted by molar-refractivity contribution is 7.90. The zero-order valence-corrected chi connectivity index (χ0v) is 12.1. The largest absolute Gasteiger partial charge is 0.364 e. The maximum atomic E-state index is 12.3. The Morgan fingerprint density at radius 2 is 1.86 bits per heavy atom. The predicted molar refractivity (Wildman–Crippen MR) is 75.9 cm³/mol. The van der Waals surface area contributed by atoms with Gasteiger partial charge in [-0.25, -0.2) is 18.3 Å². The van der Waals surface area contributed by atoms with Crippen LogP contribution in [0.3, 0.4) is 0 Å². The first-order valence-electron chi connectivity index (χ1n) is 5.87. The third-order valence-electron chi connectivity index (χ3n) is 2.84. The van der Waals surface area contributed by atoms with E-state index in [4.69, 9.17) is 11.6 Å². The minimum atomic E-state index is -3.67. The Balaban J connectivity index is 2.01. The summed E-state index contributed by atoms with van der Waals surface area (Å²) in [5.41, 5.74) is 0.250. The summed E-state index contributed by atoms with van der Waals surface area (Å²) in [4.78, 5) is 11.4. The Morgan fingerprint density at radius 3 is 2.57 bits per heavy atom. The molecule has 0 saturated heterocycles. The van der Waals surface area contributed by atoms with E-state index in [1.165, 1.54) is 12.1 Å². The van der Waals surface area contributed by atoms with Crippen molar-refractivity contribution in [2.24, 2.45) is 0 Å². The summed E-state index contributed by atoms with van der Waals surface area (Å²) < 4.78 is 25.6. The van der Waals surface area contributed by atoms with Gasteiger partial charge < -0.3 is 0 Å². The number of H-pyrrole nitrogens is 1. The SMILES string of the molecule is O=c1[nH]nc2ccc(S(=O)(=O)Cc3ccc(Cl)cc3)nn12. The van der Waals surface area contributed by atoms with Crippen molar-refractivity contribution in [2.45, 2.75) is 10.8 Å². The van der Waals surface area contributed by atoms with Crippen molar-refractivity contribution in [3.63, 3.8) is 0 Å². The van der Waals surface area contributed by atoms with Crippen molar-refractivity contribution in [3.8, 4) is 0 Å². The Kier molecular flexibility index (Phi) is 3.26. The van der Waals surface area contributed by atoms with Crippen LogP contribution in [0.2, 0.25) is 5.02 Å². The van der Waals surface area contributed by atoms with Crippen LogP contribution in [-0.2, 0) is 15.6 Å². The summed E-state index contributed by atoms with van der Waals surface area (Å²) in [5.74, 6) is -0.227. The number of aromatic nitrogens is 4. The van der Waals surface area contributed by atoms with Gasteiger partial charge in [-0.3, -0.25) is 0 Å². The Morgan fingerprint density at radius 1 is 1.14 bits per heavy atom. The van der Waals surface area contributed by atoms with Crippen LogP contribution in [0.1, 0.15) is 5.56 Å². The molecule has 0 amide bonds. The lowest BCUT2D eigenvalue weighted by atomic mass is 10.2. The molecule has 0 atom stereocenters. The van der Waals surface area contributed by atoms with Crippen LogP contribution in [-0.4, -0.2) is 28.2 Å². The summed E-state index contributed by atoms with van der Waals surface area (Å²) in [5, 5.41) is 10.0. The number of benzene rings is 1. The number of fused-ring (bicyclic) bond motifs is 1. The van der Waals surface area contributed by atoms with E-state index >= 15 is 0 Å². The molecule has 0 aliphatic heterocycles. The highest BCUT2D eigenvalue weighted by atomic mass is 35.5. The molecule has 0 radical (unpaired) electrons. The van der Waals surface area contributed by atoms with Gasteiger partial charge in [0.15, 0.2) is 10.7 Å². The van der Waals surface area contributed by atoms with Gasteiger partial charge in [-0.2, -0.15) is 9.61 Å². The average molecular weight is 325 g/mol. The van der Waals surface area contributed by atoms with Gasteiger partial charge in [-0.15, -0.1) is 5.10 Å². The quantitative estimate of drug-likeness (QED) is 0.776. The summed E-state index contributed by atoms with van der Waals surface area (Å²) in [6.07, 6.45) is 0. The number of hydrogen-bond acceptors (Lipinski definition) is 5. The van der Waals surface area contributed by atoms with Gasteiger partial charge in [0.25, 0.3) is 0 Å². The van der Waals surface area contributed by atoms with E-state index in [1.807, 2.05) is 0 Å². The molecule has 2 aromatic heterocycles. The maximum Gasteiger partial charge on any atom is 0.364 e. The maximum absolute atomic E-state index is 12.3. The summed E-state index contributed by atoms with van der Waals surface area (Å²) in [7, 11) is -3.67. The van der Waals surface area contributed by atoms with Crippen LogP contribution < -0.4 is 5.69 Å². The number of hydrogen-bond donors (Lipinski definition) is 1. The van der Waals surface area contributed by atoms with Crippen molar-refractivity contribution in [1.29, 1.82) is 0 Å². The normalized spacial score (nSPS) is 11.9. The lowest BCUT2D eigenvalue weighted by Gasteiger charge is -2.04. The molecular formula is C12H9ClN4O3S. The molecule has 0 spiro atoms. The molecule has 0 fully saturated rings. The first-order valence-corrected chi connectivity index (χ1v) is 7.90. The topological polar surface area (TPSA) is 97.2 Å². The van der Waals surface area contributed by atoms with Gasteiger partial charge in [0.1, 0.15) is 0 Å². The van der Waals surface area contributed by atoms with Crippen molar-refractivity contribution in [2.75, 3.05) is 0 Å². The Bertz CT molecular complexity index is 960. The van der Waals surface area contributed by atoms with E-state index in [1.54, 1.807) is 24.3 Å². The molecule has 3 rings (SSSR count). The van der Waals surface area contributed by atoms with E-state index in [2.05, 4.69) is 15.3 Å². The molecule has 0 bridgehead atoms. The highest BCUT2D eigenvalue weighted by Gasteiger charge is 2.18. The molecule has 7 nitrogen and oxygen atoms in total. The lowest BCUT2D eigenvalue weighted by molar-refractivity contribution is 0.587. The van der Waals surface area contributed by atoms with E-state index in [0.29, 0.717) is 10.6 Å². The number of nitrogens with zero attached hydrogens (tertiary/aromatic N) is 3. The van der Waals surface area contributed by atoms with Gasteiger partial charge in [0.05, 0.1) is 5.75 Å². The number of halogens is 1. The fourth-order valence-electron chi connectivity index (χ4n) is 1.83. The van der Waals surface area contributed by atoms with Crippen molar-refractivity contribution in [1.82, 2.24) is 19.8 Å². The molecule has 3 aromatic rings. The number of aromatic amines is 1. The molecule has 1 N–H and O–H groups in total. The first kappa shape index (κ1) is 13.8. The fourth-order valence-corrected chi connectivity index (χ4v) is 3.21.